The summed E-state index contributed by atoms with van der Waals surface area (Å²) in [7, 11) is 0. The van der Waals surface area contributed by atoms with Crippen LogP contribution in [-0.2, 0) is 4.74 Å². The van der Waals surface area contributed by atoms with Gasteiger partial charge in [-0.25, -0.2) is 0 Å². The molecule has 0 aromatic carbocycles. The summed E-state index contributed by atoms with van der Waals surface area (Å²) in [5.74, 6) is 1.43. The van der Waals surface area contributed by atoms with Crippen molar-refractivity contribution >= 4 is 0 Å². The SMILES string of the molecule is CCCOC1CCCN(C(C)C(C)CNCC(C)C)C1. The molecule has 0 amide bonds. The van der Waals surface area contributed by atoms with Crippen LogP contribution >= 0.6 is 0 Å². The van der Waals surface area contributed by atoms with E-state index in [1.165, 1.54) is 19.4 Å². The molecule has 0 spiro atoms. The van der Waals surface area contributed by atoms with Crippen LogP contribution in [-0.4, -0.2) is 49.8 Å². The van der Waals surface area contributed by atoms with Gasteiger partial charge in [-0.3, -0.25) is 4.90 Å². The summed E-state index contributed by atoms with van der Waals surface area (Å²) in [5.41, 5.74) is 0. The predicted octanol–water partition coefficient (Wildman–Crippen LogP) is 3.15. The molecule has 0 bridgehead atoms. The molecule has 0 aliphatic carbocycles. The molecule has 0 radical (unpaired) electrons. The third kappa shape index (κ3) is 6.55. The van der Waals surface area contributed by atoms with Crippen molar-refractivity contribution in [2.24, 2.45) is 11.8 Å². The molecule has 20 heavy (non-hydrogen) atoms. The molecular weight excluding hydrogens is 248 g/mol. The van der Waals surface area contributed by atoms with Gasteiger partial charge in [-0.1, -0.05) is 27.7 Å². The molecule has 0 saturated carbocycles. The van der Waals surface area contributed by atoms with Gasteiger partial charge < -0.3 is 10.1 Å². The fourth-order valence-electron chi connectivity index (χ4n) is 2.89. The molecule has 1 heterocycles. The van der Waals surface area contributed by atoms with Crippen LogP contribution in [0.25, 0.3) is 0 Å². The van der Waals surface area contributed by atoms with Gasteiger partial charge in [-0.05, 0) is 57.7 Å². The summed E-state index contributed by atoms with van der Waals surface area (Å²) in [6.45, 7) is 17.0. The van der Waals surface area contributed by atoms with Crippen molar-refractivity contribution in [3.8, 4) is 0 Å². The number of nitrogens with one attached hydrogen (secondary N) is 1. The second-order valence-corrected chi connectivity index (χ2v) is 6.90. The van der Waals surface area contributed by atoms with Gasteiger partial charge in [-0.2, -0.15) is 0 Å². The Balaban J connectivity index is 2.31. The Kier molecular flexibility index (Phi) is 8.74. The lowest BCUT2D eigenvalue weighted by Gasteiger charge is -2.39. The van der Waals surface area contributed by atoms with E-state index in [2.05, 4.69) is 44.8 Å². The Bertz CT molecular complexity index is 245. The first-order chi connectivity index (χ1) is 9.54. The fourth-order valence-corrected chi connectivity index (χ4v) is 2.89. The van der Waals surface area contributed by atoms with Crippen LogP contribution in [0.2, 0.25) is 0 Å². The smallest absolute Gasteiger partial charge is 0.0702 e. The first-order valence-corrected chi connectivity index (χ1v) is 8.60. The zero-order chi connectivity index (χ0) is 15.0. The van der Waals surface area contributed by atoms with Gasteiger partial charge in [0.25, 0.3) is 0 Å². The number of hydrogen-bond acceptors (Lipinski definition) is 3. The van der Waals surface area contributed by atoms with E-state index >= 15 is 0 Å². The second-order valence-electron chi connectivity index (χ2n) is 6.90. The number of hydrogen-bond donors (Lipinski definition) is 1. The van der Waals surface area contributed by atoms with Crippen molar-refractivity contribution in [2.45, 2.75) is 66.0 Å². The molecule has 0 aromatic rings. The first-order valence-electron chi connectivity index (χ1n) is 8.60. The molecule has 3 heteroatoms. The minimum absolute atomic E-state index is 0.460. The topological polar surface area (TPSA) is 24.5 Å². The van der Waals surface area contributed by atoms with Crippen LogP contribution in [0.4, 0.5) is 0 Å². The van der Waals surface area contributed by atoms with Crippen molar-refractivity contribution < 1.29 is 4.74 Å². The summed E-state index contributed by atoms with van der Waals surface area (Å²) in [6, 6.07) is 0.641. The molecule has 1 aliphatic rings. The summed E-state index contributed by atoms with van der Waals surface area (Å²) < 4.78 is 5.95. The average molecular weight is 284 g/mol. The third-order valence-electron chi connectivity index (χ3n) is 4.39. The highest BCUT2D eigenvalue weighted by Crippen LogP contribution is 2.19. The van der Waals surface area contributed by atoms with Gasteiger partial charge in [0.1, 0.15) is 0 Å². The van der Waals surface area contributed by atoms with E-state index < -0.39 is 0 Å². The molecule has 3 unspecified atom stereocenters. The van der Waals surface area contributed by atoms with Crippen LogP contribution < -0.4 is 5.32 Å². The van der Waals surface area contributed by atoms with E-state index in [-0.39, 0.29) is 0 Å². The summed E-state index contributed by atoms with van der Waals surface area (Å²) in [6.07, 6.45) is 4.11. The average Bonchev–Trinajstić information content (AvgIpc) is 2.44. The molecule has 1 aliphatic heterocycles. The lowest BCUT2D eigenvalue weighted by Crippen LogP contribution is -2.48. The fraction of sp³-hybridized carbons (Fsp3) is 1.00. The molecule has 1 N–H and O–H groups in total. The number of likely N-dealkylation sites (tertiary alicyclic amines) is 1. The van der Waals surface area contributed by atoms with Gasteiger partial charge in [0, 0.05) is 19.2 Å². The largest absolute Gasteiger partial charge is 0.377 e. The van der Waals surface area contributed by atoms with Gasteiger partial charge in [0.2, 0.25) is 0 Å². The minimum Gasteiger partial charge on any atom is -0.377 e. The van der Waals surface area contributed by atoms with E-state index in [9.17, 15) is 0 Å². The molecule has 1 rings (SSSR count). The summed E-state index contributed by atoms with van der Waals surface area (Å²) in [4.78, 5) is 2.63. The number of ether oxygens (including phenoxy) is 1. The quantitative estimate of drug-likeness (QED) is 0.704. The van der Waals surface area contributed by atoms with E-state index in [1.807, 2.05) is 0 Å². The first kappa shape index (κ1) is 17.9. The maximum absolute atomic E-state index is 5.95. The van der Waals surface area contributed by atoms with E-state index in [4.69, 9.17) is 4.74 Å². The zero-order valence-corrected chi connectivity index (χ0v) is 14.3. The maximum atomic E-state index is 5.95. The van der Waals surface area contributed by atoms with Crippen molar-refractivity contribution in [1.82, 2.24) is 10.2 Å². The van der Waals surface area contributed by atoms with Crippen LogP contribution in [0.1, 0.15) is 53.9 Å². The Hall–Kier alpha value is -0.120. The molecule has 1 saturated heterocycles. The molecule has 1 fully saturated rings. The van der Waals surface area contributed by atoms with Crippen molar-refractivity contribution in [2.75, 3.05) is 32.8 Å². The zero-order valence-electron chi connectivity index (χ0n) is 14.3. The number of piperidine rings is 1. The maximum Gasteiger partial charge on any atom is 0.0702 e. The number of rotatable bonds is 9. The molecule has 120 valence electrons. The van der Waals surface area contributed by atoms with E-state index in [1.54, 1.807) is 0 Å². The summed E-state index contributed by atoms with van der Waals surface area (Å²) >= 11 is 0. The standard InChI is InChI=1S/C17H36N2O/c1-6-10-20-17-8-7-9-19(13-17)16(5)15(4)12-18-11-14(2)3/h14-18H,6-13H2,1-5H3. The van der Waals surface area contributed by atoms with Crippen molar-refractivity contribution in [3.63, 3.8) is 0 Å². The van der Waals surface area contributed by atoms with Crippen LogP contribution in [0.15, 0.2) is 0 Å². The van der Waals surface area contributed by atoms with Crippen molar-refractivity contribution in [3.05, 3.63) is 0 Å². The highest BCUT2D eigenvalue weighted by atomic mass is 16.5. The number of nitrogens with zero attached hydrogens (tertiary/aromatic N) is 1. The molecule has 3 atom stereocenters. The molecule has 3 nitrogen and oxygen atoms in total. The normalized spacial score (nSPS) is 24.0. The van der Waals surface area contributed by atoms with Gasteiger partial charge in [0.05, 0.1) is 6.10 Å². The Morgan fingerprint density at radius 2 is 1.95 bits per heavy atom. The third-order valence-corrected chi connectivity index (χ3v) is 4.39. The van der Waals surface area contributed by atoms with Crippen LogP contribution in [0, 0.1) is 11.8 Å². The van der Waals surface area contributed by atoms with E-state index in [0.29, 0.717) is 18.1 Å². The Morgan fingerprint density at radius 3 is 2.60 bits per heavy atom. The Labute approximate surface area is 126 Å². The minimum atomic E-state index is 0.460. The van der Waals surface area contributed by atoms with Crippen molar-refractivity contribution in [1.29, 1.82) is 0 Å². The van der Waals surface area contributed by atoms with Gasteiger partial charge >= 0.3 is 0 Å². The second kappa shape index (κ2) is 9.75. The lowest BCUT2D eigenvalue weighted by atomic mass is 9.98. The highest BCUT2D eigenvalue weighted by molar-refractivity contribution is 4.81. The predicted molar refractivity (Wildman–Crippen MR) is 87.2 cm³/mol. The van der Waals surface area contributed by atoms with E-state index in [0.717, 1.165) is 38.6 Å². The molecular formula is C17H36N2O. The monoisotopic (exact) mass is 284 g/mol. The lowest BCUT2D eigenvalue weighted by molar-refractivity contribution is -0.0168. The Morgan fingerprint density at radius 1 is 1.20 bits per heavy atom. The molecule has 0 aromatic heterocycles. The highest BCUT2D eigenvalue weighted by Gasteiger charge is 2.26. The van der Waals surface area contributed by atoms with Crippen LogP contribution in [0.3, 0.4) is 0 Å². The summed E-state index contributed by atoms with van der Waals surface area (Å²) in [5, 5.41) is 3.59. The van der Waals surface area contributed by atoms with Crippen LogP contribution in [0.5, 0.6) is 0 Å². The van der Waals surface area contributed by atoms with Gasteiger partial charge in [0.15, 0.2) is 0 Å². The van der Waals surface area contributed by atoms with Gasteiger partial charge in [-0.15, -0.1) is 0 Å².